The van der Waals surface area contributed by atoms with Crippen LogP contribution in [0.5, 0.6) is 0 Å². The van der Waals surface area contributed by atoms with E-state index in [1.165, 1.54) is 24.3 Å². The van der Waals surface area contributed by atoms with Crippen molar-refractivity contribution in [3.63, 3.8) is 0 Å². The fourth-order valence-electron chi connectivity index (χ4n) is 2.62. The van der Waals surface area contributed by atoms with Crippen LogP contribution in [0.25, 0.3) is 0 Å². The van der Waals surface area contributed by atoms with Crippen LogP contribution in [0.3, 0.4) is 0 Å². The molecule has 0 spiro atoms. The third-order valence-corrected chi connectivity index (χ3v) is 5.01. The van der Waals surface area contributed by atoms with Crippen molar-refractivity contribution in [2.75, 3.05) is 15.9 Å². The molecule has 144 valence electrons. The Hall–Kier alpha value is -2.94. The van der Waals surface area contributed by atoms with Gasteiger partial charge in [0.05, 0.1) is 11.9 Å². The standard InChI is InChI=1S/C18H20FN3O4S/c1-3-16(18(24)21-14-6-4-5-12(11-14)17(20)23)22(27(2,25)26)15-9-7-13(19)8-10-15/h4-11,16H,3H2,1-2H3,(H2,20,23)(H,21,24). The molecule has 0 aliphatic carbocycles. The van der Waals surface area contributed by atoms with E-state index in [1.54, 1.807) is 19.1 Å². The van der Waals surface area contributed by atoms with E-state index < -0.39 is 33.7 Å². The highest BCUT2D eigenvalue weighted by Gasteiger charge is 2.31. The number of carbonyl (C=O) groups is 2. The molecule has 9 heteroatoms. The fraction of sp³-hybridized carbons (Fsp3) is 0.222. The van der Waals surface area contributed by atoms with E-state index in [0.717, 1.165) is 22.7 Å². The zero-order valence-corrected chi connectivity index (χ0v) is 15.7. The van der Waals surface area contributed by atoms with Gasteiger partial charge in [0.2, 0.25) is 21.8 Å². The highest BCUT2D eigenvalue weighted by Crippen LogP contribution is 2.24. The SMILES string of the molecule is CCC(C(=O)Nc1cccc(C(N)=O)c1)N(c1ccc(F)cc1)S(C)(=O)=O. The Bertz CT molecular complexity index is 945. The van der Waals surface area contributed by atoms with Gasteiger partial charge in [-0.3, -0.25) is 13.9 Å². The molecule has 0 heterocycles. The van der Waals surface area contributed by atoms with E-state index in [9.17, 15) is 22.4 Å². The minimum Gasteiger partial charge on any atom is -0.366 e. The van der Waals surface area contributed by atoms with Crippen LogP contribution in [-0.4, -0.2) is 32.5 Å². The number of nitrogens with two attached hydrogens (primary N) is 1. The molecule has 0 fully saturated rings. The summed E-state index contributed by atoms with van der Waals surface area (Å²) in [6.07, 6.45) is 1.14. The van der Waals surface area contributed by atoms with Crippen molar-refractivity contribution < 1.29 is 22.4 Å². The molecule has 2 rings (SSSR count). The maximum Gasteiger partial charge on any atom is 0.248 e. The second kappa shape index (κ2) is 8.17. The van der Waals surface area contributed by atoms with Crippen molar-refractivity contribution in [1.82, 2.24) is 0 Å². The Balaban J connectivity index is 2.36. The van der Waals surface area contributed by atoms with E-state index in [1.807, 2.05) is 0 Å². The molecule has 2 aromatic rings. The third-order valence-electron chi connectivity index (χ3n) is 3.83. The number of nitrogens with one attached hydrogen (secondary N) is 1. The number of rotatable bonds is 7. The Kier molecular flexibility index (Phi) is 6.17. The summed E-state index contributed by atoms with van der Waals surface area (Å²) >= 11 is 0. The van der Waals surface area contributed by atoms with Gasteiger partial charge in [-0.05, 0) is 48.9 Å². The van der Waals surface area contributed by atoms with Crippen LogP contribution in [0.2, 0.25) is 0 Å². The molecule has 0 saturated heterocycles. The van der Waals surface area contributed by atoms with Gasteiger partial charge in [0.15, 0.2) is 0 Å². The molecule has 0 aliphatic rings. The summed E-state index contributed by atoms with van der Waals surface area (Å²) in [6.45, 7) is 1.66. The number of anilines is 2. The Morgan fingerprint density at radius 1 is 1.19 bits per heavy atom. The number of nitrogens with zero attached hydrogens (tertiary/aromatic N) is 1. The molecule has 2 aromatic carbocycles. The number of halogens is 1. The molecule has 0 bridgehead atoms. The van der Waals surface area contributed by atoms with Gasteiger partial charge >= 0.3 is 0 Å². The van der Waals surface area contributed by atoms with Crippen molar-refractivity contribution in [1.29, 1.82) is 0 Å². The molecule has 0 aromatic heterocycles. The van der Waals surface area contributed by atoms with Crippen molar-refractivity contribution in [3.05, 3.63) is 59.9 Å². The molecule has 1 atom stereocenters. The largest absolute Gasteiger partial charge is 0.366 e. The fourth-order valence-corrected chi connectivity index (χ4v) is 3.84. The van der Waals surface area contributed by atoms with Gasteiger partial charge in [-0.2, -0.15) is 0 Å². The van der Waals surface area contributed by atoms with Crippen LogP contribution in [0.4, 0.5) is 15.8 Å². The average molecular weight is 393 g/mol. The van der Waals surface area contributed by atoms with E-state index in [4.69, 9.17) is 5.73 Å². The minimum atomic E-state index is -3.83. The van der Waals surface area contributed by atoms with Crippen LogP contribution < -0.4 is 15.4 Å². The van der Waals surface area contributed by atoms with Gasteiger partial charge in [-0.25, -0.2) is 12.8 Å². The first-order chi connectivity index (χ1) is 12.6. The second-order valence-corrected chi connectivity index (χ2v) is 7.75. The van der Waals surface area contributed by atoms with Crippen LogP contribution in [-0.2, 0) is 14.8 Å². The second-order valence-electron chi connectivity index (χ2n) is 5.89. The van der Waals surface area contributed by atoms with Gasteiger partial charge in [-0.15, -0.1) is 0 Å². The number of sulfonamides is 1. The zero-order chi connectivity index (χ0) is 20.2. The smallest absolute Gasteiger partial charge is 0.248 e. The topological polar surface area (TPSA) is 110 Å². The quantitative estimate of drug-likeness (QED) is 0.751. The molecule has 3 N–H and O–H groups in total. The van der Waals surface area contributed by atoms with Crippen molar-refractivity contribution in [2.45, 2.75) is 19.4 Å². The summed E-state index contributed by atoms with van der Waals surface area (Å²) in [6, 6.07) is 9.75. The van der Waals surface area contributed by atoms with Gasteiger partial charge in [0.1, 0.15) is 11.9 Å². The molecule has 0 radical (unpaired) electrons. The summed E-state index contributed by atoms with van der Waals surface area (Å²) in [5.74, 6) is -1.76. The normalized spacial score (nSPS) is 12.3. The number of hydrogen-bond donors (Lipinski definition) is 2. The molecule has 0 saturated carbocycles. The molecular formula is C18H20FN3O4S. The summed E-state index contributed by atoms with van der Waals surface area (Å²) in [7, 11) is -3.83. The molecular weight excluding hydrogens is 373 g/mol. The third kappa shape index (κ3) is 5.04. The lowest BCUT2D eigenvalue weighted by Crippen LogP contribution is -2.47. The molecule has 0 aliphatic heterocycles. The van der Waals surface area contributed by atoms with E-state index in [0.29, 0.717) is 5.69 Å². The number of carbonyl (C=O) groups excluding carboxylic acids is 2. The summed E-state index contributed by atoms with van der Waals surface area (Å²) in [5, 5.41) is 2.60. The van der Waals surface area contributed by atoms with Gasteiger partial charge in [-0.1, -0.05) is 13.0 Å². The number of benzene rings is 2. The average Bonchev–Trinajstić information content (AvgIpc) is 2.59. The molecule has 2 amide bonds. The highest BCUT2D eigenvalue weighted by molar-refractivity contribution is 7.92. The van der Waals surface area contributed by atoms with Crippen molar-refractivity contribution in [2.24, 2.45) is 5.73 Å². The summed E-state index contributed by atoms with van der Waals surface area (Å²) in [5.41, 5.74) is 5.91. The first kappa shape index (κ1) is 20.4. The number of primary amides is 1. The van der Waals surface area contributed by atoms with E-state index >= 15 is 0 Å². The Labute approximate surface area is 157 Å². The minimum absolute atomic E-state index is 0.172. The summed E-state index contributed by atoms with van der Waals surface area (Å²) < 4.78 is 38.8. The van der Waals surface area contributed by atoms with Gasteiger partial charge in [0.25, 0.3) is 0 Å². The van der Waals surface area contributed by atoms with Crippen LogP contribution in [0.15, 0.2) is 48.5 Å². The molecule has 1 unspecified atom stereocenters. The number of amides is 2. The highest BCUT2D eigenvalue weighted by atomic mass is 32.2. The summed E-state index contributed by atoms with van der Waals surface area (Å²) in [4.78, 5) is 24.0. The van der Waals surface area contributed by atoms with Crippen LogP contribution >= 0.6 is 0 Å². The molecule has 7 nitrogen and oxygen atoms in total. The first-order valence-electron chi connectivity index (χ1n) is 8.09. The Morgan fingerprint density at radius 2 is 1.81 bits per heavy atom. The van der Waals surface area contributed by atoms with Crippen LogP contribution in [0.1, 0.15) is 23.7 Å². The molecule has 27 heavy (non-hydrogen) atoms. The lowest BCUT2D eigenvalue weighted by Gasteiger charge is -2.30. The Morgan fingerprint density at radius 3 is 2.33 bits per heavy atom. The predicted molar refractivity (Wildman–Crippen MR) is 101 cm³/mol. The maximum absolute atomic E-state index is 13.2. The van der Waals surface area contributed by atoms with Crippen molar-refractivity contribution in [3.8, 4) is 0 Å². The van der Waals surface area contributed by atoms with Crippen LogP contribution in [0, 0.1) is 5.82 Å². The van der Waals surface area contributed by atoms with E-state index in [-0.39, 0.29) is 17.7 Å². The van der Waals surface area contributed by atoms with E-state index in [2.05, 4.69) is 5.32 Å². The zero-order valence-electron chi connectivity index (χ0n) is 14.8. The number of hydrogen-bond acceptors (Lipinski definition) is 4. The predicted octanol–water partition coefficient (Wildman–Crippen LogP) is 2.11. The lowest BCUT2D eigenvalue weighted by molar-refractivity contribution is -0.117. The lowest BCUT2D eigenvalue weighted by atomic mass is 10.1. The maximum atomic E-state index is 13.2. The monoisotopic (exact) mass is 393 g/mol. The van der Waals surface area contributed by atoms with Gasteiger partial charge < -0.3 is 11.1 Å². The first-order valence-corrected chi connectivity index (χ1v) is 9.94. The van der Waals surface area contributed by atoms with Gasteiger partial charge in [0, 0.05) is 11.3 Å². The van der Waals surface area contributed by atoms with Crippen molar-refractivity contribution >= 4 is 33.2 Å².